The van der Waals surface area contributed by atoms with Crippen molar-refractivity contribution in [2.45, 2.75) is 6.18 Å². The molecule has 0 unspecified atom stereocenters. The molecule has 104 valence electrons. The number of benzene rings is 2. The Balaban J connectivity index is 2.34. The molecule has 0 aliphatic rings. The molecule has 6 heteroatoms. The average molecular weight is 281 g/mol. The van der Waals surface area contributed by atoms with Gasteiger partial charge in [-0.05, 0) is 30.3 Å². The third kappa shape index (κ3) is 3.09. The molecule has 0 aliphatic carbocycles. The number of primary amides is 1. The zero-order valence-corrected chi connectivity index (χ0v) is 10.1. The van der Waals surface area contributed by atoms with Gasteiger partial charge in [0.15, 0.2) is 0 Å². The fraction of sp³-hybridized carbons (Fsp3) is 0.0714. The van der Waals surface area contributed by atoms with E-state index < -0.39 is 17.6 Å². The molecule has 20 heavy (non-hydrogen) atoms. The molecule has 0 fully saturated rings. The van der Waals surface area contributed by atoms with Crippen molar-refractivity contribution in [3.05, 3.63) is 59.7 Å². The van der Waals surface area contributed by atoms with Crippen LogP contribution in [0.15, 0.2) is 48.5 Å². The smallest absolute Gasteiger partial charge is 0.416 e. The zero-order valence-electron chi connectivity index (χ0n) is 10.1. The molecule has 2 aromatic rings. The van der Waals surface area contributed by atoms with Gasteiger partial charge in [0.05, 0.1) is 11.1 Å². The first-order valence-corrected chi connectivity index (χ1v) is 5.62. The minimum absolute atomic E-state index is 0.0199. The summed E-state index contributed by atoms with van der Waals surface area (Å²) < 4.78 is 43.1. The van der Waals surface area contributed by atoms with Gasteiger partial charge in [0.2, 0.25) is 0 Å². The van der Waals surface area contributed by atoms with Crippen LogP contribution in [0.1, 0.15) is 15.9 Å². The number of amides is 1. The number of hydrogen-bond acceptors (Lipinski definition) is 2. The predicted octanol–water partition coefficient (Wildman–Crippen LogP) is 3.60. The highest BCUT2D eigenvalue weighted by atomic mass is 19.4. The van der Waals surface area contributed by atoms with Crippen LogP contribution in [-0.2, 0) is 6.18 Å². The van der Waals surface area contributed by atoms with Gasteiger partial charge in [0, 0.05) is 0 Å². The average Bonchev–Trinajstić information content (AvgIpc) is 2.38. The molecule has 3 nitrogen and oxygen atoms in total. The predicted molar refractivity (Wildman–Crippen MR) is 66.5 cm³/mol. The molecule has 0 aliphatic heterocycles. The van der Waals surface area contributed by atoms with Crippen LogP contribution in [-0.4, -0.2) is 5.91 Å². The summed E-state index contributed by atoms with van der Waals surface area (Å²) in [5, 5.41) is 0. The standard InChI is InChI=1S/C14H10F3NO2/c15-14(16,17)9-4-3-5-10(8-9)20-12-7-2-1-6-11(12)13(18)19/h1-8H,(H2,18,19). The van der Waals surface area contributed by atoms with Gasteiger partial charge in [-0.1, -0.05) is 18.2 Å². The Hall–Kier alpha value is -2.50. The van der Waals surface area contributed by atoms with Crippen molar-refractivity contribution in [3.63, 3.8) is 0 Å². The molecule has 2 aromatic carbocycles. The van der Waals surface area contributed by atoms with Crippen LogP contribution in [0.2, 0.25) is 0 Å². The quantitative estimate of drug-likeness (QED) is 0.934. The Morgan fingerprint density at radius 3 is 2.40 bits per heavy atom. The van der Waals surface area contributed by atoms with E-state index in [1.165, 1.54) is 24.3 Å². The summed E-state index contributed by atoms with van der Waals surface area (Å²) in [4.78, 5) is 11.2. The molecule has 1 amide bonds. The second-order valence-electron chi connectivity index (χ2n) is 3.99. The van der Waals surface area contributed by atoms with Crippen molar-refractivity contribution in [1.82, 2.24) is 0 Å². The Morgan fingerprint density at radius 2 is 1.75 bits per heavy atom. The summed E-state index contributed by atoms with van der Waals surface area (Å²) in [5.41, 5.74) is 4.44. The number of hydrogen-bond donors (Lipinski definition) is 1. The van der Waals surface area contributed by atoms with E-state index in [4.69, 9.17) is 10.5 Å². The van der Waals surface area contributed by atoms with Gasteiger partial charge in [0.1, 0.15) is 11.5 Å². The third-order valence-electron chi connectivity index (χ3n) is 2.54. The van der Waals surface area contributed by atoms with Gasteiger partial charge in [0.25, 0.3) is 5.91 Å². The second-order valence-corrected chi connectivity index (χ2v) is 3.99. The van der Waals surface area contributed by atoms with Crippen molar-refractivity contribution >= 4 is 5.91 Å². The molecule has 2 N–H and O–H groups in total. The van der Waals surface area contributed by atoms with Crippen molar-refractivity contribution in [2.24, 2.45) is 5.73 Å². The maximum atomic E-state index is 12.6. The van der Waals surface area contributed by atoms with Crippen LogP contribution in [0.25, 0.3) is 0 Å². The topological polar surface area (TPSA) is 52.3 Å². The summed E-state index contributed by atoms with van der Waals surface area (Å²) >= 11 is 0. The van der Waals surface area contributed by atoms with Gasteiger partial charge in [-0.15, -0.1) is 0 Å². The summed E-state index contributed by atoms with van der Waals surface area (Å²) in [6.07, 6.45) is -4.46. The minimum Gasteiger partial charge on any atom is -0.457 e. The van der Waals surface area contributed by atoms with Crippen molar-refractivity contribution in [2.75, 3.05) is 0 Å². The van der Waals surface area contributed by atoms with Gasteiger partial charge in [-0.25, -0.2) is 0 Å². The number of halogens is 3. The Bertz CT molecular complexity index is 638. The van der Waals surface area contributed by atoms with Crippen LogP contribution in [0.4, 0.5) is 13.2 Å². The first-order valence-electron chi connectivity index (χ1n) is 5.62. The van der Waals surface area contributed by atoms with E-state index in [9.17, 15) is 18.0 Å². The monoisotopic (exact) mass is 281 g/mol. The van der Waals surface area contributed by atoms with E-state index in [-0.39, 0.29) is 17.1 Å². The molecular weight excluding hydrogens is 271 g/mol. The normalized spacial score (nSPS) is 11.2. The highest BCUT2D eigenvalue weighted by molar-refractivity contribution is 5.95. The van der Waals surface area contributed by atoms with E-state index in [2.05, 4.69) is 0 Å². The summed E-state index contributed by atoms with van der Waals surface area (Å²) in [6, 6.07) is 10.5. The zero-order chi connectivity index (χ0) is 14.8. The lowest BCUT2D eigenvalue weighted by atomic mass is 10.2. The molecule has 0 radical (unpaired) electrons. The van der Waals surface area contributed by atoms with Gasteiger partial charge < -0.3 is 10.5 Å². The second kappa shape index (κ2) is 5.24. The number of para-hydroxylation sites is 1. The first kappa shape index (κ1) is 13.9. The van der Waals surface area contributed by atoms with Crippen LogP contribution in [0, 0.1) is 0 Å². The summed E-state index contributed by atoms with van der Waals surface area (Å²) in [6.45, 7) is 0. The largest absolute Gasteiger partial charge is 0.457 e. The summed E-state index contributed by atoms with van der Waals surface area (Å²) in [7, 11) is 0. The molecule has 0 saturated carbocycles. The highest BCUT2D eigenvalue weighted by Crippen LogP contribution is 2.33. The van der Waals surface area contributed by atoms with Crippen molar-refractivity contribution in [3.8, 4) is 11.5 Å². The maximum Gasteiger partial charge on any atom is 0.416 e. The number of nitrogens with two attached hydrogens (primary N) is 1. The Labute approximate surface area is 112 Å². The first-order chi connectivity index (χ1) is 9.38. The van der Waals surface area contributed by atoms with Gasteiger partial charge in [-0.2, -0.15) is 13.2 Å². The van der Waals surface area contributed by atoms with E-state index in [0.29, 0.717) is 0 Å². The molecule has 0 bridgehead atoms. The van der Waals surface area contributed by atoms with Crippen LogP contribution in [0.3, 0.4) is 0 Å². The van der Waals surface area contributed by atoms with Crippen LogP contribution < -0.4 is 10.5 Å². The van der Waals surface area contributed by atoms with Crippen molar-refractivity contribution in [1.29, 1.82) is 0 Å². The fourth-order valence-electron chi connectivity index (χ4n) is 1.62. The molecule has 0 saturated heterocycles. The lowest BCUT2D eigenvalue weighted by Gasteiger charge is -2.11. The highest BCUT2D eigenvalue weighted by Gasteiger charge is 2.30. The molecule has 0 atom stereocenters. The molecule has 0 aromatic heterocycles. The Morgan fingerprint density at radius 1 is 1.05 bits per heavy atom. The van der Waals surface area contributed by atoms with Crippen molar-refractivity contribution < 1.29 is 22.7 Å². The Kier molecular flexibility index (Phi) is 3.65. The van der Waals surface area contributed by atoms with E-state index >= 15 is 0 Å². The number of ether oxygens (including phenoxy) is 1. The third-order valence-corrected chi connectivity index (χ3v) is 2.54. The van der Waals surface area contributed by atoms with E-state index in [1.54, 1.807) is 12.1 Å². The van der Waals surface area contributed by atoms with Crippen LogP contribution in [0.5, 0.6) is 11.5 Å². The fourth-order valence-corrected chi connectivity index (χ4v) is 1.62. The van der Waals surface area contributed by atoms with Crippen LogP contribution >= 0.6 is 0 Å². The van der Waals surface area contributed by atoms with E-state index in [0.717, 1.165) is 12.1 Å². The van der Waals surface area contributed by atoms with Gasteiger partial charge >= 0.3 is 6.18 Å². The minimum atomic E-state index is -4.46. The molecule has 0 heterocycles. The molecule has 0 spiro atoms. The molecule has 2 rings (SSSR count). The van der Waals surface area contributed by atoms with E-state index in [1.807, 2.05) is 0 Å². The number of carbonyl (C=O) groups excluding carboxylic acids is 1. The number of rotatable bonds is 3. The number of carbonyl (C=O) groups is 1. The maximum absolute atomic E-state index is 12.6. The van der Waals surface area contributed by atoms with Gasteiger partial charge in [-0.3, -0.25) is 4.79 Å². The molecular formula is C14H10F3NO2. The SMILES string of the molecule is NC(=O)c1ccccc1Oc1cccc(C(F)(F)F)c1. The lowest BCUT2D eigenvalue weighted by molar-refractivity contribution is -0.137. The summed E-state index contributed by atoms with van der Waals surface area (Å²) in [5.74, 6) is -0.625. The lowest BCUT2D eigenvalue weighted by Crippen LogP contribution is -2.12. The number of alkyl halides is 3.